The monoisotopic (exact) mass is 466 g/mol. The summed E-state index contributed by atoms with van der Waals surface area (Å²) in [4.78, 5) is 17.4. The van der Waals surface area contributed by atoms with Gasteiger partial charge in [0.05, 0.1) is 7.11 Å². The summed E-state index contributed by atoms with van der Waals surface area (Å²) >= 11 is 0. The maximum Gasteiger partial charge on any atom is 0.258 e. The van der Waals surface area contributed by atoms with Crippen molar-refractivity contribution in [2.45, 2.75) is 24.8 Å². The fourth-order valence-electron chi connectivity index (χ4n) is 5.16. The molecule has 1 saturated heterocycles. The molecule has 2 aliphatic heterocycles. The molecule has 0 aliphatic carbocycles. The fourth-order valence-corrected chi connectivity index (χ4v) is 5.16. The molecule has 4 nitrogen and oxygen atoms in total. The third-order valence-electron chi connectivity index (χ3n) is 7.07. The van der Waals surface area contributed by atoms with Crippen molar-refractivity contribution in [1.29, 1.82) is 0 Å². The van der Waals surface area contributed by atoms with Crippen LogP contribution in [0.2, 0.25) is 0 Å². The highest BCUT2D eigenvalue weighted by Gasteiger charge is 2.46. The van der Waals surface area contributed by atoms with Gasteiger partial charge in [-0.2, -0.15) is 0 Å². The zero-order chi connectivity index (χ0) is 23.9. The van der Waals surface area contributed by atoms with Gasteiger partial charge in [0.2, 0.25) is 0 Å². The molecular weight excluding hydrogens is 441 g/mol. The number of halogens is 3. The molecule has 3 aromatic carbocycles. The lowest BCUT2D eigenvalue weighted by Gasteiger charge is -2.40. The van der Waals surface area contributed by atoms with Crippen LogP contribution in [0.1, 0.15) is 34.3 Å². The summed E-state index contributed by atoms with van der Waals surface area (Å²) < 4.78 is 45.9. The van der Waals surface area contributed by atoms with E-state index in [1.807, 2.05) is 18.2 Å². The minimum absolute atomic E-state index is 0.117. The number of methoxy groups -OCH3 is 1. The van der Waals surface area contributed by atoms with Crippen molar-refractivity contribution in [3.8, 4) is 5.75 Å². The van der Waals surface area contributed by atoms with Gasteiger partial charge in [0.25, 0.3) is 5.91 Å². The van der Waals surface area contributed by atoms with Crippen LogP contribution in [0.3, 0.4) is 0 Å². The first-order chi connectivity index (χ1) is 16.4. The van der Waals surface area contributed by atoms with E-state index in [9.17, 15) is 18.0 Å². The zero-order valence-electron chi connectivity index (χ0n) is 18.9. The van der Waals surface area contributed by atoms with E-state index in [0.717, 1.165) is 61.4 Å². The van der Waals surface area contributed by atoms with Gasteiger partial charge >= 0.3 is 0 Å². The largest absolute Gasteiger partial charge is 0.497 e. The summed E-state index contributed by atoms with van der Waals surface area (Å²) in [6, 6.07) is 15.5. The number of carbonyl (C=O) groups is 1. The second-order valence-electron chi connectivity index (χ2n) is 9.09. The second kappa shape index (κ2) is 8.80. The van der Waals surface area contributed by atoms with Crippen molar-refractivity contribution in [3.05, 3.63) is 94.8 Å². The van der Waals surface area contributed by atoms with Gasteiger partial charge in [-0.15, -0.1) is 0 Å². The number of carbonyl (C=O) groups excluding carboxylic acids is 1. The molecule has 1 fully saturated rings. The molecule has 7 heteroatoms. The van der Waals surface area contributed by atoms with E-state index in [0.29, 0.717) is 12.3 Å². The number of likely N-dealkylation sites (tertiary alicyclic amines) is 1. The Morgan fingerprint density at radius 1 is 0.941 bits per heavy atom. The number of amides is 1. The predicted molar refractivity (Wildman–Crippen MR) is 124 cm³/mol. The van der Waals surface area contributed by atoms with E-state index in [4.69, 9.17) is 4.74 Å². The van der Waals surface area contributed by atoms with Crippen LogP contribution in [0.15, 0.2) is 60.7 Å². The number of piperidine rings is 1. The van der Waals surface area contributed by atoms with Crippen LogP contribution >= 0.6 is 0 Å². The summed E-state index contributed by atoms with van der Waals surface area (Å²) in [6.45, 7) is 2.85. The Labute approximate surface area is 196 Å². The average Bonchev–Trinajstić information content (AvgIpc) is 3.16. The Hall–Kier alpha value is -3.32. The Balaban J connectivity index is 1.40. The molecule has 1 spiro atoms. The van der Waals surface area contributed by atoms with Gasteiger partial charge in [0.1, 0.15) is 11.6 Å². The van der Waals surface area contributed by atoms with Crippen LogP contribution < -0.4 is 9.64 Å². The number of hydrogen-bond donors (Lipinski definition) is 0. The third-order valence-corrected chi connectivity index (χ3v) is 7.07. The van der Waals surface area contributed by atoms with Crippen molar-refractivity contribution in [2.75, 3.05) is 31.6 Å². The van der Waals surface area contributed by atoms with Gasteiger partial charge in [-0.1, -0.05) is 12.1 Å². The van der Waals surface area contributed by atoms with Crippen molar-refractivity contribution >= 4 is 11.6 Å². The first kappa shape index (κ1) is 22.5. The summed E-state index contributed by atoms with van der Waals surface area (Å²) in [5.74, 6) is -1.90. The van der Waals surface area contributed by atoms with E-state index in [1.165, 1.54) is 18.2 Å². The summed E-state index contributed by atoms with van der Waals surface area (Å²) in [5, 5.41) is 0. The molecule has 0 saturated carbocycles. The molecule has 3 aromatic rings. The molecule has 0 radical (unpaired) electrons. The van der Waals surface area contributed by atoms with Crippen molar-refractivity contribution in [3.63, 3.8) is 0 Å². The van der Waals surface area contributed by atoms with Gasteiger partial charge in [0.15, 0.2) is 11.6 Å². The zero-order valence-corrected chi connectivity index (χ0v) is 18.9. The molecule has 0 unspecified atom stereocenters. The van der Waals surface area contributed by atoms with Crippen LogP contribution in [0.5, 0.6) is 5.75 Å². The van der Waals surface area contributed by atoms with E-state index in [1.54, 1.807) is 24.1 Å². The number of rotatable bonds is 4. The summed E-state index contributed by atoms with van der Waals surface area (Å²) in [7, 11) is 1.61. The minimum Gasteiger partial charge on any atom is -0.497 e. The fraction of sp³-hybridized carbons (Fsp3) is 0.296. The molecule has 0 atom stereocenters. The molecular formula is C27H25F3N2O2. The number of fused-ring (bicyclic) bond motifs is 2. The van der Waals surface area contributed by atoms with E-state index in [-0.39, 0.29) is 22.7 Å². The lowest BCUT2D eigenvalue weighted by Crippen LogP contribution is -2.45. The quantitative estimate of drug-likeness (QED) is 0.523. The van der Waals surface area contributed by atoms with Crippen molar-refractivity contribution < 1.29 is 22.7 Å². The lowest BCUT2D eigenvalue weighted by atomic mass is 9.74. The number of hydrogen-bond acceptors (Lipinski definition) is 3. The highest BCUT2D eigenvalue weighted by molar-refractivity contribution is 6.07. The van der Waals surface area contributed by atoms with Crippen molar-refractivity contribution in [1.82, 2.24) is 4.90 Å². The molecule has 0 bridgehead atoms. The minimum atomic E-state index is -1.04. The molecule has 0 aromatic heterocycles. The number of nitrogens with zero attached hydrogens (tertiary/aromatic N) is 2. The second-order valence-corrected chi connectivity index (χ2v) is 9.09. The van der Waals surface area contributed by atoms with Gasteiger partial charge in [-0.05, 0) is 85.6 Å². The standard InChI is InChI=1S/C27H25F3N2O2/c1-34-21-7-9-25-22(15-21)27(17-32(25)26(33)19-4-8-23(29)24(30)14-19)10-12-31(13-11-27)16-18-2-5-20(28)6-3-18/h2-9,14-15H,10-13,16-17H2,1H3. The smallest absolute Gasteiger partial charge is 0.258 e. The molecule has 1 amide bonds. The highest BCUT2D eigenvalue weighted by Crippen LogP contribution is 2.48. The Morgan fingerprint density at radius 3 is 2.35 bits per heavy atom. The lowest BCUT2D eigenvalue weighted by molar-refractivity contribution is 0.0975. The van der Waals surface area contributed by atoms with Gasteiger partial charge in [-0.3, -0.25) is 9.69 Å². The average molecular weight is 467 g/mol. The number of benzene rings is 3. The van der Waals surface area contributed by atoms with Gasteiger partial charge < -0.3 is 9.64 Å². The van der Waals surface area contributed by atoms with Gasteiger partial charge in [0, 0.05) is 29.8 Å². The highest BCUT2D eigenvalue weighted by atomic mass is 19.2. The van der Waals surface area contributed by atoms with Gasteiger partial charge in [-0.25, -0.2) is 13.2 Å². The summed E-state index contributed by atoms with van der Waals surface area (Å²) in [5.41, 5.74) is 2.75. The first-order valence-electron chi connectivity index (χ1n) is 11.3. The van der Waals surface area contributed by atoms with E-state index < -0.39 is 11.6 Å². The Bertz CT molecular complexity index is 1220. The normalized spacial score (nSPS) is 17.1. The van der Waals surface area contributed by atoms with Crippen LogP contribution in [-0.2, 0) is 12.0 Å². The molecule has 2 heterocycles. The Kier molecular flexibility index (Phi) is 5.81. The maximum atomic E-state index is 13.8. The van der Waals surface area contributed by atoms with Crippen molar-refractivity contribution in [2.24, 2.45) is 0 Å². The molecule has 0 N–H and O–H groups in total. The topological polar surface area (TPSA) is 32.8 Å². The van der Waals surface area contributed by atoms with E-state index >= 15 is 0 Å². The van der Waals surface area contributed by atoms with Crippen LogP contribution in [0.4, 0.5) is 18.9 Å². The molecule has 5 rings (SSSR count). The third kappa shape index (κ3) is 4.05. The molecule has 176 valence electrons. The molecule has 34 heavy (non-hydrogen) atoms. The van der Waals surface area contributed by atoms with Crippen LogP contribution in [0.25, 0.3) is 0 Å². The molecule has 2 aliphatic rings. The van der Waals surface area contributed by atoms with Crippen LogP contribution in [0, 0.1) is 17.5 Å². The number of ether oxygens (including phenoxy) is 1. The number of anilines is 1. The Morgan fingerprint density at radius 2 is 1.68 bits per heavy atom. The SMILES string of the molecule is COc1ccc2c(c1)C1(CCN(Cc3ccc(F)cc3)CC1)CN2C(=O)c1ccc(F)c(F)c1. The van der Waals surface area contributed by atoms with Crippen LogP contribution in [-0.4, -0.2) is 37.6 Å². The predicted octanol–water partition coefficient (Wildman–Crippen LogP) is 5.31. The summed E-state index contributed by atoms with van der Waals surface area (Å²) in [6.07, 6.45) is 1.66. The first-order valence-corrected chi connectivity index (χ1v) is 11.3. The van der Waals surface area contributed by atoms with E-state index in [2.05, 4.69) is 4.90 Å². The maximum absolute atomic E-state index is 13.8.